The lowest BCUT2D eigenvalue weighted by Gasteiger charge is -2.04. The number of hydrazone groups is 1. The van der Waals surface area contributed by atoms with E-state index in [0.29, 0.717) is 11.3 Å². The minimum absolute atomic E-state index is 0.0274. The molecule has 0 aliphatic rings. The summed E-state index contributed by atoms with van der Waals surface area (Å²) in [5.74, 6) is 0.379. The van der Waals surface area contributed by atoms with Crippen molar-refractivity contribution in [2.45, 2.75) is 0 Å². The minimum Gasteiger partial charge on any atom is -0.504 e. The van der Waals surface area contributed by atoms with E-state index < -0.39 is 5.56 Å². The fourth-order valence-corrected chi connectivity index (χ4v) is 1.55. The van der Waals surface area contributed by atoms with Crippen molar-refractivity contribution in [1.82, 2.24) is 10.2 Å². The predicted octanol–water partition coefficient (Wildman–Crippen LogP) is 1.58. The first-order valence-electron chi connectivity index (χ1n) is 5.51. The zero-order valence-corrected chi connectivity index (χ0v) is 11.2. The first-order chi connectivity index (χ1) is 9.61. The summed E-state index contributed by atoms with van der Waals surface area (Å²) in [6.45, 7) is 0. The lowest BCUT2D eigenvalue weighted by atomic mass is 10.2. The average molecular weight is 295 g/mol. The Morgan fingerprint density at radius 2 is 2.35 bits per heavy atom. The Kier molecular flexibility index (Phi) is 4.21. The van der Waals surface area contributed by atoms with Gasteiger partial charge >= 0.3 is 0 Å². The summed E-state index contributed by atoms with van der Waals surface area (Å²) in [5, 5.41) is 19.2. The molecular weight excluding hydrogens is 284 g/mol. The van der Waals surface area contributed by atoms with Crippen molar-refractivity contribution < 1.29 is 9.84 Å². The molecule has 0 fully saturated rings. The van der Waals surface area contributed by atoms with Crippen LogP contribution in [0.5, 0.6) is 11.5 Å². The number of hydrogen-bond acceptors (Lipinski definition) is 6. The fraction of sp³-hybridized carbons (Fsp3) is 0.0833. The van der Waals surface area contributed by atoms with Crippen molar-refractivity contribution in [3.63, 3.8) is 0 Å². The fourth-order valence-electron chi connectivity index (χ4n) is 1.41. The second kappa shape index (κ2) is 6.07. The lowest BCUT2D eigenvalue weighted by Crippen LogP contribution is -2.10. The Morgan fingerprint density at radius 1 is 1.55 bits per heavy atom. The Hall–Kier alpha value is -2.54. The normalized spacial score (nSPS) is 10.7. The molecule has 2 aromatic rings. The number of ether oxygens (including phenoxy) is 1. The molecule has 0 aliphatic heterocycles. The van der Waals surface area contributed by atoms with Gasteiger partial charge in [-0.15, -0.1) is 0 Å². The van der Waals surface area contributed by atoms with E-state index in [0.717, 1.165) is 0 Å². The van der Waals surface area contributed by atoms with Gasteiger partial charge in [-0.2, -0.15) is 10.2 Å². The molecule has 0 amide bonds. The van der Waals surface area contributed by atoms with Crippen molar-refractivity contribution in [2.24, 2.45) is 5.10 Å². The number of halogens is 1. The molecule has 0 spiro atoms. The SMILES string of the molecule is COc1cc(C=NNc2cn[nH]c(=O)c2Cl)ccc1O. The van der Waals surface area contributed by atoms with Crippen LogP contribution in [0.3, 0.4) is 0 Å². The zero-order chi connectivity index (χ0) is 14.5. The van der Waals surface area contributed by atoms with Gasteiger partial charge in [0.1, 0.15) is 10.7 Å². The molecule has 3 N–H and O–H groups in total. The lowest BCUT2D eigenvalue weighted by molar-refractivity contribution is 0.373. The Morgan fingerprint density at radius 3 is 3.10 bits per heavy atom. The van der Waals surface area contributed by atoms with Crippen molar-refractivity contribution in [2.75, 3.05) is 12.5 Å². The molecule has 20 heavy (non-hydrogen) atoms. The van der Waals surface area contributed by atoms with Crippen LogP contribution >= 0.6 is 11.6 Å². The van der Waals surface area contributed by atoms with Crippen LogP contribution in [0.1, 0.15) is 5.56 Å². The number of hydrogen-bond donors (Lipinski definition) is 3. The van der Waals surface area contributed by atoms with Gasteiger partial charge in [0.25, 0.3) is 5.56 Å². The number of anilines is 1. The third kappa shape index (κ3) is 3.07. The maximum absolute atomic E-state index is 11.2. The highest BCUT2D eigenvalue weighted by Gasteiger charge is 2.03. The molecule has 0 atom stereocenters. The van der Waals surface area contributed by atoms with Crippen LogP contribution in [0.2, 0.25) is 5.02 Å². The number of phenols is 1. The van der Waals surface area contributed by atoms with E-state index in [1.807, 2.05) is 0 Å². The third-order valence-corrected chi connectivity index (χ3v) is 2.77. The van der Waals surface area contributed by atoms with E-state index in [4.69, 9.17) is 16.3 Å². The second-order valence-electron chi connectivity index (χ2n) is 3.73. The van der Waals surface area contributed by atoms with Crippen LogP contribution in [0.15, 0.2) is 34.3 Å². The third-order valence-electron chi connectivity index (χ3n) is 2.40. The highest BCUT2D eigenvalue weighted by atomic mass is 35.5. The zero-order valence-electron chi connectivity index (χ0n) is 10.4. The molecule has 0 saturated carbocycles. The molecule has 0 radical (unpaired) electrons. The molecule has 0 unspecified atom stereocenters. The predicted molar refractivity (Wildman–Crippen MR) is 75.7 cm³/mol. The number of rotatable bonds is 4. The summed E-state index contributed by atoms with van der Waals surface area (Å²) in [6, 6.07) is 4.75. The molecular formula is C12H11ClN4O3. The number of phenolic OH excluding ortho intramolecular Hbond substituents is 1. The Bertz CT molecular complexity index is 699. The molecule has 8 heteroatoms. The first-order valence-corrected chi connectivity index (χ1v) is 5.89. The first kappa shape index (κ1) is 13.9. The van der Waals surface area contributed by atoms with Crippen LogP contribution in [0, 0.1) is 0 Å². The highest BCUT2D eigenvalue weighted by molar-refractivity contribution is 6.32. The molecule has 1 heterocycles. The molecule has 104 valence electrons. The van der Waals surface area contributed by atoms with E-state index in [2.05, 4.69) is 20.7 Å². The van der Waals surface area contributed by atoms with E-state index in [9.17, 15) is 9.90 Å². The number of nitrogens with zero attached hydrogens (tertiary/aromatic N) is 2. The molecule has 1 aromatic heterocycles. The molecule has 0 saturated heterocycles. The van der Waals surface area contributed by atoms with E-state index in [1.165, 1.54) is 25.6 Å². The molecule has 7 nitrogen and oxygen atoms in total. The molecule has 2 rings (SSSR count). The van der Waals surface area contributed by atoms with Gasteiger partial charge in [0.15, 0.2) is 11.5 Å². The highest BCUT2D eigenvalue weighted by Crippen LogP contribution is 2.25. The molecule has 1 aromatic carbocycles. The van der Waals surface area contributed by atoms with Gasteiger partial charge in [0.05, 0.1) is 19.5 Å². The Balaban J connectivity index is 2.14. The average Bonchev–Trinajstić information content (AvgIpc) is 2.45. The number of methoxy groups -OCH3 is 1. The van der Waals surface area contributed by atoms with Gasteiger partial charge in [0.2, 0.25) is 0 Å². The number of aromatic nitrogens is 2. The summed E-state index contributed by atoms with van der Waals surface area (Å²) >= 11 is 5.77. The standard InChI is InChI=1S/C12H11ClN4O3/c1-20-10-4-7(2-3-9(10)18)5-14-16-8-6-15-17-12(19)11(8)13/h2-6,18H,1H3,(H2,16,17,19). The number of benzene rings is 1. The minimum atomic E-state index is -0.502. The number of H-pyrrole nitrogens is 1. The van der Waals surface area contributed by atoms with Gasteiger partial charge < -0.3 is 9.84 Å². The van der Waals surface area contributed by atoms with Crippen LogP contribution in [-0.2, 0) is 0 Å². The topological polar surface area (TPSA) is 99.6 Å². The van der Waals surface area contributed by atoms with Crippen LogP contribution in [0.4, 0.5) is 5.69 Å². The maximum atomic E-state index is 11.2. The van der Waals surface area contributed by atoms with Crippen LogP contribution < -0.4 is 15.7 Å². The molecule has 0 aliphatic carbocycles. The smallest absolute Gasteiger partial charge is 0.285 e. The van der Waals surface area contributed by atoms with Gasteiger partial charge in [-0.05, 0) is 23.8 Å². The Labute approximate surface area is 118 Å². The van der Waals surface area contributed by atoms with Gasteiger partial charge in [0, 0.05) is 0 Å². The van der Waals surface area contributed by atoms with Crippen molar-refractivity contribution in [3.05, 3.63) is 45.3 Å². The van der Waals surface area contributed by atoms with Crippen molar-refractivity contribution in [3.8, 4) is 11.5 Å². The number of nitrogens with one attached hydrogen (secondary N) is 2. The number of aromatic amines is 1. The largest absolute Gasteiger partial charge is 0.504 e. The van der Waals surface area contributed by atoms with E-state index in [-0.39, 0.29) is 16.5 Å². The second-order valence-corrected chi connectivity index (χ2v) is 4.11. The van der Waals surface area contributed by atoms with Crippen molar-refractivity contribution in [1.29, 1.82) is 0 Å². The summed E-state index contributed by atoms with van der Waals surface area (Å²) in [5.41, 5.74) is 3.09. The summed E-state index contributed by atoms with van der Waals surface area (Å²) in [6.07, 6.45) is 2.83. The van der Waals surface area contributed by atoms with Crippen LogP contribution in [-0.4, -0.2) is 28.6 Å². The monoisotopic (exact) mass is 294 g/mol. The van der Waals surface area contributed by atoms with Crippen LogP contribution in [0.25, 0.3) is 0 Å². The number of aromatic hydroxyl groups is 1. The van der Waals surface area contributed by atoms with Gasteiger partial charge in [-0.3, -0.25) is 10.2 Å². The quantitative estimate of drug-likeness (QED) is 0.587. The van der Waals surface area contributed by atoms with Gasteiger partial charge in [-0.25, -0.2) is 5.10 Å². The summed E-state index contributed by atoms with van der Waals surface area (Å²) in [4.78, 5) is 11.2. The molecule has 0 bridgehead atoms. The van der Waals surface area contributed by atoms with Gasteiger partial charge in [-0.1, -0.05) is 11.6 Å². The van der Waals surface area contributed by atoms with E-state index >= 15 is 0 Å². The summed E-state index contributed by atoms with van der Waals surface area (Å²) < 4.78 is 4.98. The summed E-state index contributed by atoms with van der Waals surface area (Å²) in [7, 11) is 1.45. The maximum Gasteiger partial charge on any atom is 0.285 e. The van der Waals surface area contributed by atoms with Crippen molar-refractivity contribution >= 4 is 23.5 Å². The van der Waals surface area contributed by atoms with E-state index in [1.54, 1.807) is 12.1 Å².